The zero-order valence-electron chi connectivity index (χ0n) is 11.4. The maximum Gasteiger partial charge on any atom is 0.129 e. The van der Waals surface area contributed by atoms with Crippen LogP contribution < -0.4 is 4.90 Å². The van der Waals surface area contributed by atoms with Gasteiger partial charge in [0.2, 0.25) is 0 Å². The van der Waals surface area contributed by atoms with Gasteiger partial charge in [0.1, 0.15) is 5.82 Å². The molecule has 0 aliphatic carbocycles. The monoisotopic (exact) mass is 250 g/mol. The third-order valence-electron chi connectivity index (χ3n) is 3.47. The summed E-state index contributed by atoms with van der Waals surface area (Å²) in [4.78, 5) is 6.93. The molecule has 0 amide bonds. The van der Waals surface area contributed by atoms with Gasteiger partial charge in [-0.2, -0.15) is 0 Å². The topological polar surface area (TPSA) is 45.6 Å². The van der Waals surface area contributed by atoms with Crippen molar-refractivity contribution in [1.82, 2.24) is 4.98 Å². The van der Waals surface area contributed by atoms with Crippen LogP contribution in [-0.4, -0.2) is 36.4 Å². The number of hydrogen-bond donors (Lipinski definition) is 1. The number of nitrogens with zero attached hydrogens (tertiary/aromatic N) is 2. The molecule has 1 aliphatic rings. The van der Waals surface area contributed by atoms with E-state index in [9.17, 15) is 5.11 Å². The molecule has 1 unspecified atom stereocenters. The normalized spacial score (nSPS) is 19.8. The number of rotatable bonds is 4. The second-order valence-electron chi connectivity index (χ2n) is 5.16. The van der Waals surface area contributed by atoms with Gasteiger partial charge in [0, 0.05) is 25.9 Å². The Balaban J connectivity index is 2.24. The first-order valence-electron chi connectivity index (χ1n) is 6.53. The zero-order valence-corrected chi connectivity index (χ0v) is 11.4. The van der Waals surface area contributed by atoms with E-state index in [0.29, 0.717) is 12.0 Å². The van der Waals surface area contributed by atoms with E-state index in [1.165, 1.54) is 0 Å². The Morgan fingerprint density at radius 3 is 2.83 bits per heavy atom. The van der Waals surface area contributed by atoms with E-state index >= 15 is 0 Å². The summed E-state index contributed by atoms with van der Waals surface area (Å²) in [6.07, 6.45) is 1.34. The molecule has 0 saturated carbocycles. The number of aliphatic hydroxyl groups excluding tert-OH is 1. The summed E-state index contributed by atoms with van der Waals surface area (Å²) in [6, 6.07) is 3.96. The van der Waals surface area contributed by atoms with Crippen molar-refractivity contribution in [1.29, 1.82) is 0 Å². The lowest BCUT2D eigenvalue weighted by molar-refractivity contribution is 0.121. The molecule has 1 aromatic rings. The van der Waals surface area contributed by atoms with Gasteiger partial charge in [-0.15, -0.1) is 0 Å². The molecule has 0 spiro atoms. The van der Waals surface area contributed by atoms with Crippen molar-refractivity contribution in [2.75, 3.05) is 25.1 Å². The van der Waals surface area contributed by atoms with Crippen molar-refractivity contribution >= 4 is 5.82 Å². The molecule has 2 heterocycles. The van der Waals surface area contributed by atoms with Gasteiger partial charge >= 0.3 is 0 Å². The molecule has 1 aliphatic heterocycles. The van der Waals surface area contributed by atoms with Crippen LogP contribution in [0.1, 0.15) is 37.4 Å². The molecule has 0 aromatic carbocycles. The highest BCUT2D eigenvalue weighted by Crippen LogP contribution is 2.24. The summed E-state index contributed by atoms with van der Waals surface area (Å²) in [5, 5.41) is 9.34. The largest absolute Gasteiger partial charge is 0.392 e. The number of anilines is 1. The fraction of sp³-hybridized carbons (Fsp3) is 0.643. The van der Waals surface area contributed by atoms with Gasteiger partial charge in [-0.3, -0.25) is 0 Å². The highest BCUT2D eigenvalue weighted by molar-refractivity contribution is 5.44. The smallest absolute Gasteiger partial charge is 0.129 e. The van der Waals surface area contributed by atoms with Crippen molar-refractivity contribution in [2.45, 2.75) is 38.9 Å². The predicted octanol–water partition coefficient (Wildman–Crippen LogP) is 1.92. The van der Waals surface area contributed by atoms with Gasteiger partial charge in [0.15, 0.2) is 0 Å². The van der Waals surface area contributed by atoms with Crippen molar-refractivity contribution in [3.63, 3.8) is 0 Å². The summed E-state index contributed by atoms with van der Waals surface area (Å²) >= 11 is 0. The molecule has 4 heteroatoms. The number of hydrogen-bond acceptors (Lipinski definition) is 4. The van der Waals surface area contributed by atoms with E-state index in [1.807, 2.05) is 12.1 Å². The van der Waals surface area contributed by atoms with Gasteiger partial charge in [-0.1, -0.05) is 13.8 Å². The first kappa shape index (κ1) is 13.3. The van der Waals surface area contributed by atoms with E-state index < -0.39 is 0 Å². The summed E-state index contributed by atoms with van der Waals surface area (Å²) in [7, 11) is 1.76. The molecule has 1 fully saturated rings. The van der Waals surface area contributed by atoms with Gasteiger partial charge in [-0.25, -0.2) is 4.98 Å². The molecule has 0 radical (unpaired) electrons. The van der Waals surface area contributed by atoms with Crippen LogP contribution in [0.4, 0.5) is 5.82 Å². The summed E-state index contributed by atoms with van der Waals surface area (Å²) < 4.78 is 5.38. The summed E-state index contributed by atoms with van der Waals surface area (Å²) in [5.41, 5.74) is 1.97. The van der Waals surface area contributed by atoms with Crippen LogP contribution in [-0.2, 0) is 11.3 Å². The number of methoxy groups -OCH3 is 1. The van der Waals surface area contributed by atoms with E-state index in [-0.39, 0.29) is 6.61 Å². The molecule has 0 bridgehead atoms. The highest BCUT2D eigenvalue weighted by Gasteiger charge is 2.23. The average molecular weight is 250 g/mol. The molecular weight excluding hydrogens is 228 g/mol. The highest BCUT2D eigenvalue weighted by atomic mass is 16.5. The molecule has 1 aromatic heterocycles. The van der Waals surface area contributed by atoms with Crippen molar-refractivity contribution in [3.8, 4) is 0 Å². The maximum absolute atomic E-state index is 9.34. The van der Waals surface area contributed by atoms with E-state index in [0.717, 1.165) is 36.6 Å². The fourth-order valence-electron chi connectivity index (χ4n) is 2.27. The lowest BCUT2D eigenvalue weighted by atomic mass is 10.1. The molecule has 18 heavy (non-hydrogen) atoms. The number of aromatic nitrogens is 1. The molecule has 1 N–H and O–H groups in total. The number of aliphatic hydroxyl groups is 1. The average Bonchev–Trinajstić information content (AvgIpc) is 2.86. The van der Waals surface area contributed by atoms with Crippen LogP contribution in [0.5, 0.6) is 0 Å². The molecule has 1 saturated heterocycles. The standard InChI is InChI=1S/C14H22N2O2/c1-10(2)13-6-11(9-17)7-14(15-13)16-5-4-12(8-16)18-3/h6-7,10,12,17H,4-5,8-9H2,1-3H3. The van der Waals surface area contributed by atoms with E-state index in [4.69, 9.17) is 9.72 Å². The van der Waals surface area contributed by atoms with E-state index in [1.54, 1.807) is 7.11 Å². The van der Waals surface area contributed by atoms with E-state index in [2.05, 4.69) is 18.7 Å². The second-order valence-corrected chi connectivity index (χ2v) is 5.16. The first-order chi connectivity index (χ1) is 8.63. The molecule has 1 atom stereocenters. The lowest BCUT2D eigenvalue weighted by Crippen LogP contribution is -2.23. The molecule has 4 nitrogen and oxygen atoms in total. The third kappa shape index (κ3) is 2.82. The Morgan fingerprint density at radius 2 is 2.28 bits per heavy atom. The van der Waals surface area contributed by atoms with Gasteiger partial charge in [0.05, 0.1) is 12.7 Å². The minimum Gasteiger partial charge on any atom is -0.392 e. The second kappa shape index (κ2) is 5.67. The van der Waals surface area contributed by atoms with Crippen LogP contribution >= 0.6 is 0 Å². The Kier molecular flexibility index (Phi) is 4.19. The minimum atomic E-state index is 0.0663. The van der Waals surface area contributed by atoms with Gasteiger partial charge < -0.3 is 14.7 Å². The Labute approximate surface area is 109 Å². The molecular formula is C14H22N2O2. The van der Waals surface area contributed by atoms with Gasteiger partial charge in [-0.05, 0) is 30.0 Å². The van der Waals surface area contributed by atoms with Crippen molar-refractivity contribution in [3.05, 3.63) is 23.4 Å². The first-order valence-corrected chi connectivity index (χ1v) is 6.53. The molecule has 100 valence electrons. The fourth-order valence-corrected chi connectivity index (χ4v) is 2.27. The quantitative estimate of drug-likeness (QED) is 0.887. The Bertz CT molecular complexity index is 407. The van der Waals surface area contributed by atoms with Crippen LogP contribution in [0, 0.1) is 0 Å². The lowest BCUT2D eigenvalue weighted by Gasteiger charge is -2.20. The van der Waals surface area contributed by atoms with Crippen LogP contribution in [0.25, 0.3) is 0 Å². The summed E-state index contributed by atoms with van der Waals surface area (Å²) in [5.74, 6) is 1.33. The van der Waals surface area contributed by atoms with Crippen LogP contribution in [0.15, 0.2) is 12.1 Å². The SMILES string of the molecule is COC1CCN(c2cc(CO)cc(C(C)C)n2)C1. The Morgan fingerprint density at radius 1 is 1.50 bits per heavy atom. The minimum absolute atomic E-state index is 0.0663. The zero-order chi connectivity index (χ0) is 13.1. The third-order valence-corrected chi connectivity index (χ3v) is 3.47. The predicted molar refractivity (Wildman–Crippen MR) is 71.9 cm³/mol. The van der Waals surface area contributed by atoms with Crippen molar-refractivity contribution in [2.24, 2.45) is 0 Å². The number of pyridine rings is 1. The maximum atomic E-state index is 9.34. The Hall–Kier alpha value is -1.13. The summed E-state index contributed by atoms with van der Waals surface area (Å²) in [6.45, 7) is 6.16. The molecule has 2 rings (SSSR count). The van der Waals surface area contributed by atoms with Gasteiger partial charge in [0.25, 0.3) is 0 Å². The van der Waals surface area contributed by atoms with Crippen LogP contribution in [0.2, 0.25) is 0 Å². The van der Waals surface area contributed by atoms with Crippen molar-refractivity contribution < 1.29 is 9.84 Å². The number of ether oxygens (including phenoxy) is 1. The van der Waals surface area contributed by atoms with Crippen LogP contribution in [0.3, 0.4) is 0 Å².